The van der Waals surface area contributed by atoms with Crippen molar-refractivity contribution in [2.75, 3.05) is 12.4 Å². The first kappa shape index (κ1) is 16.8. The van der Waals surface area contributed by atoms with Gasteiger partial charge in [-0.2, -0.15) is 0 Å². The van der Waals surface area contributed by atoms with Crippen LogP contribution in [0.25, 0.3) is 0 Å². The molecule has 4 N–H and O–H groups in total. The second kappa shape index (κ2) is 6.97. The largest absolute Gasteiger partial charge is 0.495 e. The number of amidine groups is 1. The van der Waals surface area contributed by atoms with Gasteiger partial charge >= 0.3 is 0 Å². The van der Waals surface area contributed by atoms with Crippen molar-refractivity contribution in [3.05, 3.63) is 23.8 Å². The van der Waals surface area contributed by atoms with Gasteiger partial charge in [0.05, 0.1) is 12.8 Å². The van der Waals surface area contributed by atoms with Gasteiger partial charge in [-0.1, -0.05) is 25.1 Å². The Hall–Kier alpha value is -2.24. The molecule has 1 aromatic carbocycles. The van der Waals surface area contributed by atoms with E-state index >= 15 is 0 Å². The van der Waals surface area contributed by atoms with E-state index in [1.807, 2.05) is 32.9 Å². The minimum absolute atomic E-state index is 0.0865. The second-order valence-electron chi connectivity index (χ2n) is 4.93. The van der Waals surface area contributed by atoms with Crippen molar-refractivity contribution in [3.8, 4) is 5.75 Å². The highest BCUT2D eigenvalue weighted by molar-refractivity contribution is 6.12. The van der Waals surface area contributed by atoms with Crippen LogP contribution in [0.5, 0.6) is 5.75 Å². The number of amides is 1. The van der Waals surface area contributed by atoms with Gasteiger partial charge in [0.15, 0.2) is 5.84 Å². The van der Waals surface area contributed by atoms with Crippen LogP contribution in [0.4, 0.5) is 5.69 Å². The zero-order chi connectivity index (χ0) is 16.0. The van der Waals surface area contributed by atoms with Crippen LogP contribution >= 0.6 is 0 Å². The molecule has 21 heavy (non-hydrogen) atoms. The van der Waals surface area contributed by atoms with Crippen LogP contribution in [-0.2, 0) is 4.79 Å². The van der Waals surface area contributed by atoms with E-state index < -0.39 is 5.41 Å². The van der Waals surface area contributed by atoms with Gasteiger partial charge in [0, 0.05) is 0 Å². The summed E-state index contributed by atoms with van der Waals surface area (Å²) in [5.74, 6) is 0.165. The number of hydrogen-bond donors (Lipinski definition) is 3. The summed E-state index contributed by atoms with van der Waals surface area (Å²) in [4.78, 5) is 12.6. The molecule has 6 nitrogen and oxygen atoms in total. The van der Waals surface area contributed by atoms with Crippen molar-refractivity contribution in [1.29, 1.82) is 0 Å². The molecular weight excluding hydrogens is 270 g/mol. The number of anilines is 1. The Kier molecular flexibility index (Phi) is 5.58. The number of carbonyl (C=O) groups excluding carboxylic acids is 1. The fourth-order valence-electron chi connectivity index (χ4n) is 2.31. The van der Waals surface area contributed by atoms with Crippen LogP contribution in [-0.4, -0.2) is 24.1 Å². The SMILES string of the molecule is CCC(CC)(C(=O)Nc1cc(C)ccc1OC)C(N)=NO. The lowest BCUT2D eigenvalue weighted by molar-refractivity contribution is -0.122. The van der Waals surface area contributed by atoms with Crippen LogP contribution in [0, 0.1) is 12.3 Å². The number of aryl methyl sites for hydroxylation is 1. The Bertz CT molecular complexity index is 537. The van der Waals surface area contributed by atoms with Crippen LogP contribution in [0.15, 0.2) is 23.4 Å². The Morgan fingerprint density at radius 2 is 2.05 bits per heavy atom. The van der Waals surface area contributed by atoms with Gasteiger partial charge in [0.25, 0.3) is 0 Å². The van der Waals surface area contributed by atoms with Gasteiger partial charge < -0.3 is 21.0 Å². The molecule has 0 bridgehead atoms. The van der Waals surface area contributed by atoms with Crippen molar-refractivity contribution in [3.63, 3.8) is 0 Å². The third-order valence-electron chi connectivity index (χ3n) is 3.84. The van der Waals surface area contributed by atoms with E-state index in [9.17, 15) is 4.79 Å². The van der Waals surface area contributed by atoms with E-state index in [-0.39, 0.29) is 11.7 Å². The normalized spacial score (nSPS) is 12.1. The number of ether oxygens (including phenoxy) is 1. The molecule has 0 spiro atoms. The molecule has 0 saturated heterocycles. The average Bonchev–Trinajstić information content (AvgIpc) is 2.49. The van der Waals surface area contributed by atoms with Crippen molar-refractivity contribution in [1.82, 2.24) is 0 Å². The fraction of sp³-hybridized carbons (Fsp3) is 0.467. The molecule has 1 aromatic rings. The summed E-state index contributed by atoms with van der Waals surface area (Å²) in [5.41, 5.74) is 6.26. The highest BCUT2D eigenvalue weighted by atomic mass is 16.5. The summed E-state index contributed by atoms with van der Waals surface area (Å²) in [7, 11) is 1.54. The van der Waals surface area contributed by atoms with Crippen molar-refractivity contribution < 1.29 is 14.7 Å². The van der Waals surface area contributed by atoms with Gasteiger partial charge in [-0.25, -0.2) is 0 Å². The number of nitrogens with two attached hydrogens (primary N) is 1. The Labute approximate surface area is 125 Å². The monoisotopic (exact) mass is 293 g/mol. The molecule has 116 valence electrons. The van der Waals surface area contributed by atoms with Gasteiger partial charge in [0.1, 0.15) is 11.2 Å². The number of nitrogens with zero attached hydrogens (tertiary/aromatic N) is 1. The van der Waals surface area contributed by atoms with Crippen molar-refractivity contribution >= 4 is 17.4 Å². The van der Waals surface area contributed by atoms with E-state index in [1.165, 1.54) is 7.11 Å². The number of methoxy groups -OCH3 is 1. The average molecular weight is 293 g/mol. The molecule has 0 aromatic heterocycles. The Balaban J connectivity index is 3.17. The molecule has 0 heterocycles. The number of carbonyl (C=O) groups is 1. The summed E-state index contributed by atoms with van der Waals surface area (Å²) in [6.45, 7) is 5.58. The summed E-state index contributed by atoms with van der Waals surface area (Å²) in [6, 6.07) is 5.50. The molecule has 0 aliphatic rings. The van der Waals surface area contributed by atoms with Crippen molar-refractivity contribution in [2.45, 2.75) is 33.6 Å². The quantitative estimate of drug-likeness (QED) is 0.325. The zero-order valence-electron chi connectivity index (χ0n) is 12.9. The number of nitrogens with one attached hydrogen (secondary N) is 1. The van der Waals surface area contributed by atoms with Crippen LogP contribution < -0.4 is 15.8 Å². The second-order valence-corrected chi connectivity index (χ2v) is 4.93. The lowest BCUT2D eigenvalue weighted by atomic mass is 9.80. The topological polar surface area (TPSA) is 96.9 Å². The Morgan fingerprint density at radius 3 is 2.52 bits per heavy atom. The van der Waals surface area contributed by atoms with Crippen molar-refractivity contribution in [2.24, 2.45) is 16.3 Å². The molecule has 0 fully saturated rings. The molecule has 0 aliphatic carbocycles. The number of rotatable bonds is 6. The van der Waals surface area contributed by atoms with Gasteiger partial charge in [-0.3, -0.25) is 4.79 Å². The van der Waals surface area contributed by atoms with Gasteiger partial charge in [-0.15, -0.1) is 0 Å². The third-order valence-corrected chi connectivity index (χ3v) is 3.84. The minimum Gasteiger partial charge on any atom is -0.495 e. The molecule has 0 atom stereocenters. The summed E-state index contributed by atoms with van der Waals surface area (Å²) in [6.07, 6.45) is 0.860. The maximum Gasteiger partial charge on any atom is 0.238 e. The lowest BCUT2D eigenvalue weighted by Gasteiger charge is -2.29. The highest BCUT2D eigenvalue weighted by Gasteiger charge is 2.40. The maximum atomic E-state index is 12.6. The zero-order valence-corrected chi connectivity index (χ0v) is 12.9. The van der Waals surface area contributed by atoms with Gasteiger partial charge in [-0.05, 0) is 37.5 Å². The van der Waals surface area contributed by atoms with Crippen LogP contribution in [0.3, 0.4) is 0 Å². The molecule has 1 amide bonds. The summed E-state index contributed by atoms with van der Waals surface area (Å²) < 4.78 is 5.24. The smallest absolute Gasteiger partial charge is 0.238 e. The molecule has 0 aliphatic heterocycles. The number of oxime groups is 1. The molecule has 0 unspecified atom stereocenters. The lowest BCUT2D eigenvalue weighted by Crippen LogP contribution is -2.46. The first-order chi connectivity index (χ1) is 9.94. The van der Waals surface area contributed by atoms with E-state index in [2.05, 4.69) is 10.5 Å². The highest BCUT2D eigenvalue weighted by Crippen LogP contribution is 2.31. The molecule has 0 radical (unpaired) electrons. The van der Waals surface area contributed by atoms with E-state index in [1.54, 1.807) is 6.07 Å². The summed E-state index contributed by atoms with van der Waals surface area (Å²) >= 11 is 0. The van der Waals surface area contributed by atoms with Crippen LogP contribution in [0.2, 0.25) is 0 Å². The van der Waals surface area contributed by atoms with Gasteiger partial charge in [0.2, 0.25) is 5.91 Å². The standard InChI is InChI=1S/C15H23N3O3/c1-5-15(6-2,13(16)18-20)14(19)17-11-9-10(3)7-8-12(11)21-4/h7-9,20H,5-6H2,1-4H3,(H2,16,18)(H,17,19). The predicted molar refractivity (Wildman–Crippen MR) is 82.8 cm³/mol. The minimum atomic E-state index is -1.04. The first-order valence-electron chi connectivity index (χ1n) is 6.89. The van der Waals surface area contributed by atoms with E-state index in [0.717, 1.165) is 5.56 Å². The number of benzene rings is 1. The summed E-state index contributed by atoms with van der Waals surface area (Å²) in [5, 5.41) is 14.8. The van der Waals surface area contributed by atoms with E-state index in [0.29, 0.717) is 24.3 Å². The maximum absolute atomic E-state index is 12.6. The number of hydrogen-bond acceptors (Lipinski definition) is 4. The molecule has 6 heteroatoms. The fourth-order valence-corrected chi connectivity index (χ4v) is 2.31. The first-order valence-corrected chi connectivity index (χ1v) is 6.89. The Morgan fingerprint density at radius 1 is 1.43 bits per heavy atom. The molecule has 1 rings (SSSR count). The van der Waals surface area contributed by atoms with Crippen LogP contribution in [0.1, 0.15) is 32.3 Å². The molecular formula is C15H23N3O3. The predicted octanol–water partition coefficient (Wildman–Crippen LogP) is 2.49. The third kappa shape index (κ3) is 3.26. The van der Waals surface area contributed by atoms with E-state index in [4.69, 9.17) is 15.7 Å². The molecule has 0 saturated carbocycles.